The van der Waals surface area contributed by atoms with E-state index < -0.39 is 0 Å². The highest BCUT2D eigenvalue weighted by Gasteiger charge is 2.41. The minimum Gasteiger partial charge on any atom is -0.303 e. The number of hydrogen-bond donors (Lipinski definition) is 0. The van der Waals surface area contributed by atoms with Crippen LogP contribution < -0.4 is 0 Å². The van der Waals surface area contributed by atoms with Crippen LogP contribution in [0.5, 0.6) is 0 Å². The molecule has 0 heterocycles. The van der Waals surface area contributed by atoms with E-state index in [1.54, 1.807) is 0 Å². The molecule has 0 aromatic carbocycles. The normalized spacial score (nSPS) is 39.1. The van der Waals surface area contributed by atoms with Gasteiger partial charge >= 0.3 is 0 Å². The number of hydrogen-bond acceptors (Lipinski definition) is 1. The minimum absolute atomic E-state index is 0.0784. The summed E-state index contributed by atoms with van der Waals surface area (Å²) in [6, 6.07) is 0. The Labute approximate surface area is 87.3 Å². The van der Waals surface area contributed by atoms with Gasteiger partial charge in [-0.3, -0.25) is 0 Å². The van der Waals surface area contributed by atoms with Crippen LogP contribution in [0.25, 0.3) is 0 Å². The highest BCUT2D eigenvalue weighted by Crippen LogP contribution is 2.48. The van der Waals surface area contributed by atoms with E-state index in [0.29, 0.717) is 5.92 Å². The Morgan fingerprint density at radius 2 is 1.93 bits per heavy atom. The maximum Gasteiger partial charge on any atom is 0.126 e. The third-order valence-corrected chi connectivity index (χ3v) is 4.64. The van der Waals surface area contributed by atoms with Gasteiger partial charge in [-0.1, -0.05) is 39.0 Å². The summed E-state index contributed by atoms with van der Waals surface area (Å²) in [6.45, 7) is 2.27. The zero-order valence-electron chi connectivity index (χ0n) is 9.30. The predicted molar refractivity (Wildman–Crippen MR) is 58.1 cm³/mol. The summed E-state index contributed by atoms with van der Waals surface area (Å²) in [7, 11) is 0. The monoisotopic (exact) mass is 194 g/mol. The fourth-order valence-electron chi connectivity index (χ4n) is 3.55. The summed E-state index contributed by atoms with van der Waals surface area (Å²) in [5.41, 5.74) is 0.0784. The molecule has 14 heavy (non-hydrogen) atoms. The van der Waals surface area contributed by atoms with Gasteiger partial charge in [0.2, 0.25) is 0 Å². The van der Waals surface area contributed by atoms with Gasteiger partial charge in [0.25, 0.3) is 0 Å². The average Bonchev–Trinajstić information content (AvgIpc) is 2.79. The molecule has 1 heteroatoms. The Morgan fingerprint density at radius 3 is 2.43 bits per heavy atom. The third-order valence-electron chi connectivity index (χ3n) is 4.64. The Bertz CT molecular complexity index is 205. The largest absolute Gasteiger partial charge is 0.303 e. The van der Waals surface area contributed by atoms with E-state index in [4.69, 9.17) is 0 Å². The highest BCUT2D eigenvalue weighted by atomic mass is 16.1. The second kappa shape index (κ2) is 4.04. The van der Waals surface area contributed by atoms with Gasteiger partial charge in [-0.25, -0.2) is 0 Å². The van der Waals surface area contributed by atoms with Crippen molar-refractivity contribution in [3.8, 4) is 0 Å². The van der Waals surface area contributed by atoms with Crippen molar-refractivity contribution in [2.75, 3.05) is 0 Å². The SMILES string of the molecule is CC1CCCC1(C=O)CC1CCCC1. The lowest BCUT2D eigenvalue weighted by Gasteiger charge is -2.30. The summed E-state index contributed by atoms with van der Waals surface area (Å²) in [6.07, 6.45) is 11.7. The topological polar surface area (TPSA) is 17.1 Å². The third kappa shape index (κ3) is 1.74. The van der Waals surface area contributed by atoms with Crippen molar-refractivity contribution in [3.05, 3.63) is 0 Å². The number of carbonyl (C=O) groups is 1. The summed E-state index contributed by atoms with van der Waals surface area (Å²) < 4.78 is 0. The molecule has 0 bridgehead atoms. The van der Waals surface area contributed by atoms with E-state index >= 15 is 0 Å². The predicted octanol–water partition coefficient (Wildman–Crippen LogP) is 3.57. The van der Waals surface area contributed by atoms with E-state index in [1.165, 1.54) is 51.2 Å². The van der Waals surface area contributed by atoms with Crippen LogP contribution in [0.15, 0.2) is 0 Å². The molecule has 2 unspecified atom stereocenters. The molecule has 80 valence electrons. The number of aldehydes is 1. The van der Waals surface area contributed by atoms with Crippen LogP contribution in [-0.4, -0.2) is 6.29 Å². The number of rotatable bonds is 3. The lowest BCUT2D eigenvalue weighted by molar-refractivity contribution is -0.118. The maximum atomic E-state index is 11.3. The van der Waals surface area contributed by atoms with Gasteiger partial charge in [-0.05, 0) is 31.1 Å². The molecule has 0 aromatic heterocycles. The van der Waals surface area contributed by atoms with Crippen molar-refractivity contribution in [3.63, 3.8) is 0 Å². The van der Waals surface area contributed by atoms with Crippen LogP contribution in [0.1, 0.15) is 58.3 Å². The molecular formula is C13H22O. The van der Waals surface area contributed by atoms with Crippen molar-refractivity contribution < 1.29 is 4.79 Å². The highest BCUT2D eigenvalue weighted by molar-refractivity contribution is 5.60. The maximum absolute atomic E-state index is 11.3. The quantitative estimate of drug-likeness (QED) is 0.628. The van der Waals surface area contributed by atoms with Crippen LogP contribution in [-0.2, 0) is 4.79 Å². The molecule has 0 saturated heterocycles. The molecule has 0 aromatic rings. The van der Waals surface area contributed by atoms with Crippen LogP contribution >= 0.6 is 0 Å². The van der Waals surface area contributed by atoms with Gasteiger partial charge in [-0.2, -0.15) is 0 Å². The smallest absolute Gasteiger partial charge is 0.126 e. The molecule has 0 aliphatic heterocycles. The van der Waals surface area contributed by atoms with E-state index in [1.807, 2.05) is 0 Å². The lowest BCUT2D eigenvalue weighted by atomic mass is 9.73. The first-order valence-corrected chi connectivity index (χ1v) is 6.23. The standard InChI is InChI=1S/C13H22O/c1-11-5-4-8-13(11,10-14)9-12-6-2-3-7-12/h10-12H,2-9H2,1H3. The zero-order valence-corrected chi connectivity index (χ0v) is 9.30. The Balaban J connectivity index is 2.00. The van der Waals surface area contributed by atoms with E-state index in [9.17, 15) is 4.79 Å². The molecular weight excluding hydrogens is 172 g/mol. The number of carbonyl (C=O) groups excluding carboxylic acids is 1. The molecule has 2 aliphatic rings. The molecule has 0 spiro atoms. The van der Waals surface area contributed by atoms with Crippen molar-refractivity contribution in [1.29, 1.82) is 0 Å². The Morgan fingerprint density at radius 1 is 1.21 bits per heavy atom. The molecule has 1 nitrogen and oxygen atoms in total. The van der Waals surface area contributed by atoms with Gasteiger partial charge in [-0.15, -0.1) is 0 Å². The molecule has 2 fully saturated rings. The molecule has 0 N–H and O–H groups in total. The van der Waals surface area contributed by atoms with Crippen molar-refractivity contribution >= 4 is 6.29 Å². The molecule has 2 atom stereocenters. The summed E-state index contributed by atoms with van der Waals surface area (Å²) >= 11 is 0. The van der Waals surface area contributed by atoms with Crippen molar-refractivity contribution in [2.24, 2.45) is 17.3 Å². The average molecular weight is 194 g/mol. The molecule has 2 saturated carbocycles. The first kappa shape index (κ1) is 10.2. The van der Waals surface area contributed by atoms with Gasteiger partial charge in [0.05, 0.1) is 0 Å². The molecule has 0 radical (unpaired) electrons. The second-order valence-corrected chi connectivity index (χ2v) is 5.50. The fourth-order valence-corrected chi connectivity index (χ4v) is 3.55. The molecule has 0 amide bonds. The van der Waals surface area contributed by atoms with E-state index in [-0.39, 0.29) is 5.41 Å². The summed E-state index contributed by atoms with van der Waals surface area (Å²) in [5, 5.41) is 0. The molecule has 2 aliphatic carbocycles. The summed E-state index contributed by atoms with van der Waals surface area (Å²) in [4.78, 5) is 11.3. The summed E-state index contributed by atoms with van der Waals surface area (Å²) in [5.74, 6) is 1.50. The Hall–Kier alpha value is -0.330. The zero-order chi connectivity index (χ0) is 10.0. The van der Waals surface area contributed by atoms with Gasteiger partial charge in [0.1, 0.15) is 6.29 Å². The van der Waals surface area contributed by atoms with Gasteiger partial charge in [0.15, 0.2) is 0 Å². The molecule has 2 rings (SSSR count). The first-order valence-electron chi connectivity index (χ1n) is 6.23. The van der Waals surface area contributed by atoms with Crippen LogP contribution in [0, 0.1) is 17.3 Å². The van der Waals surface area contributed by atoms with Crippen molar-refractivity contribution in [1.82, 2.24) is 0 Å². The fraction of sp³-hybridized carbons (Fsp3) is 0.923. The van der Waals surface area contributed by atoms with Crippen molar-refractivity contribution in [2.45, 2.75) is 58.3 Å². The van der Waals surface area contributed by atoms with Gasteiger partial charge in [0, 0.05) is 5.41 Å². The second-order valence-electron chi connectivity index (χ2n) is 5.50. The van der Waals surface area contributed by atoms with E-state index in [0.717, 1.165) is 12.3 Å². The van der Waals surface area contributed by atoms with Gasteiger partial charge < -0.3 is 4.79 Å². The minimum atomic E-state index is 0.0784. The first-order chi connectivity index (χ1) is 6.77. The van der Waals surface area contributed by atoms with Crippen LogP contribution in [0.3, 0.4) is 0 Å². The van der Waals surface area contributed by atoms with E-state index in [2.05, 4.69) is 6.92 Å². The van der Waals surface area contributed by atoms with Crippen LogP contribution in [0.4, 0.5) is 0 Å². The lowest BCUT2D eigenvalue weighted by Crippen LogP contribution is -2.28. The Kier molecular flexibility index (Phi) is 2.94. The van der Waals surface area contributed by atoms with Crippen LogP contribution in [0.2, 0.25) is 0 Å².